The third kappa shape index (κ3) is 3.18. The Morgan fingerprint density at radius 1 is 1.38 bits per heavy atom. The number of hydrogen-bond acceptors (Lipinski definition) is 2. The van der Waals surface area contributed by atoms with Gasteiger partial charge in [-0.3, -0.25) is 12.9 Å². The van der Waals surface area contributed by atoms with Crippen LogP contribution in [0, 0.1) is 0 Å². The molecule has 0 aliphatic carbocycles. The number of nitrogens with zero attached hydrogens (tertiary/aromatic N) is 1. The first-order chi connectivity index (χ1) is 7.54. The van der Waals surface area contributed by atoms with E-state index in [1.165, 1.54) is 0 Å². The number of benzene rings is 1. The van der Waals surface area contributed by atoms with Crippen LogP contribution in [0.1, 0.15) is 6.92 Å². The van der Waals surface area contributed by atoms with E-state index in [2.05, 4.69) is 0 Å². The number of aromatic hydroxyl groups is 1. The number of para-hydroxylation sites is 1. The van der Waals surface area contributed by atoms with E-state index in [9.17, 15) is 18.1 Å². The van der Waals surface area contributed by atoms with E-state index < -0.39 is 7.54 Å². The summed E-state index contributed by atoms with van der Waals surface area (Å²) < 4.78 is 36.0. The molecule has 1 N–H and O–H groups in total. The summed E-state index contributed by atoms with van der Waals surface area (Å²) in [5, 5.41) is 10.3. The van der Waals surface area contributed by atoms with Crippen molar-refractivity contribution in [1.29, 1.82) is 0 Å². The van der Waals surface area contributed by atoms with E-state index in [4.69, 9.17) is 4.52 Å². The minimum absolute atomic E-state index is 0.194. The molecule has 0 fully saturated rings. The average molecular weight is 232 g/mol. The monoisotopic (exact) mass is 232 g/mol. The van der Waals surface area contributed by atoms with Crippen LogP contribution in [0.5, 0.6) is 5.75 Å². The number of aryl methyl sites for hydroxylation is 1. The van der Waals surface area contributed by atoms with Gasteiger partial charge in [-0.05, 0) is 23.8 Å². The molecule has 0 bridgehead atoms. The lowest BCUT2D eigenvalue weighted by molar-refractivity contribution is -0.857. The molecule has 3 nitrogen and oxygen atoms in total. The summed E-state index contributed by atoms with van der Waals surface area (Å²) in [5.74, 6) is 0.194. The van der Waals surface area contributed by atoms with Gasteiger partial charge in [0.1, 0.15) is 0 Å². The topological polar surface area (TPSA) is 37.2 Å². The molecular formula is C9H10BF3NO2+. The second-order valence-electron chi connectivity index (χ2n) is 2.90. The Balaban J connectivity index is 0.000000280. The number of aromatic nitrogens is 1. The van der Waals surface area contributed by atoms with Gasteiger partial charge >= 0.3 is 7.54 Å². The molecule has 0 atom stereocenters. The van der Waals surface area contributed by atoms with Crippen LogP contribution in [0.25, 0.3) is 11.0 Å². The van der Waals surface area contributed by atoms with Crippen molar-refractivity contribution in [3.05, 3.63) is 24.4 Å². The van der Waals surface area contributed by atoms with Gasteiger partial charge in [0.05, 0.1) is 5.39 Å². The van der Waals surface area contributed by atoms with Gasteiger partial charge in [0, 0.05) is 0 Å². The molecule has 0 unspecified atom stereocenters. The molecule has 0 radical (unpaired) electrons. The third-order valence-electron chi connectivity index (χ3n) is 1.83. The molecule has 1 aromatic heterocycles. The molecule has 0 amide bonds. The van der Waals surface area contributed by atoms with Crippen LogP contribution in [-0.4, -0.2) is 12.7 Å². The Bertz CT molecular complexity index is 458. The molecule has 7 heteroatoms. The quantitative estimate of drug-likeness (QED) is 0.605. The lowest BCUT2D eigenvalue weighted by atomic mass is 10.2. The zero-order valence-electron chi connectivity index (χ0n) is 8.53. The van der Waals surface area contributed by atoms with Crippen molar-refractivity contribution in [1.82, 2.24) is 0 Å². The van der Waals surface area contributed by atoms with Gasteiger partial charge in [0.2, 0.25) is 6.20 Å². The van der Waals surface area contributed by atoms with E-state index in [-0.39, 0.29) is 5.75 Å². The van der Waals surface area contributed by atoms with Crippen LogP contribution in [0.15, 0.2) is 28.9 Å². The maximum atomic E-state index is 9.67. The summed E-state index contributed by atoms with van der Waals surface area (Å²) >= 11 is 0. The molecule has 0 spiro atoms. The predicted octanol–water partition coefficient (Wildman–Crippen LogP) is 2.33. The van der Waals surface area contributed by atoms with Crippen molar-refractivity contribution >= 4 is 18.5 Å². The Kier molecular flexibility index (Phi) is 4.22. The van der Waals surface area contributed by atoms with Gasteiger partial charge in [-0.15, -0.1) is 0 Å². The van der Waals surface area contributed by atoms with Crippen LogP contribution in [0.4, 0.5) is 12.9 Å². The fourth-order valence-corrected chi connectivity index (χ4v) is 1.20. The Morgan fingerprint density at radius 2 is 2.00 bits per heavy atom. The smallest absolute Gasteiger partial charge is 0.504 e. The Hall–Kier alpha value is -1.66. The van der Waals surface area contributed by atoms with Crippen LogP contribution in [0.2, 0.25) is 0 Å². The SMILES string of the molecule is CC[n+]1cc2cccc(O)c2o1.FB(F)F. The lowest BCUT2D eigenvalue weighted by Crippen LogP contribution is -2.27. The number of hydrogen-bond donors (Lipinski definition) is 1. The average Bonchev–Trinajstić information content (AvgIpc) is 2.61. The Morgan fingerprint density at radius 3 is 2.50 bits per heavy atom. The molecule has 0 saturated heterocycles. The number of rotatable bonds is 1. The zero-order valence-corrected chi connectivity index (χ0v) is 8.53. The molecule has 1 aromatic carbocycles. The minimum Gasteiger partial charge on any atom is -0.504 e. The first-order valence-corrected chi connectivity index (χ1v) is 4.58. The summed E-state index contributed by atoms with van der Waals surface area (Å²) in [6.07, 6.45) is 1.87. The van der Waals surface area contributed by atoms with Crippen molar-refractivity contribution in [3.63, 3.8) is 0 Å². The largest absolute Gasteiger partial charge is 0.762 e. The Labute approximate surface area is 90.3 Å². The van der Waals surface area contributed by atoms with Crippen LogP contribution in [-0.2, 0) is 6.54 Å². The summed E-state index contributed by atoms with van der Waals surface area (Å²) in [6, 6.07) is 5.32. The molecule has 16 heavy (non-hydrogen) atoms. The van der Waals surface area contributed by atoms with Crippen molar-refractivity contribution in [3.8, 4) is 5.75 Å². The van der Waals surface area contributed by atoms with Gasteiger partial charge in [-0.2, -0.15) is 0 Å². The molecule has 0 saturated carbocycles. The number of phenols is 1. The van der Waals surface area contributed by atoms with Crippen LogP contribution in [0.3, 0.4) is 0 Å². The van der Waals surface area contributed by atoms with Gasteiger partial charge in [0.25, 0.3) is 5.58 Å². The molecule has 2 aromatic rings. The highest BCUT2D eigenvalue weighted by molar-refractivity contribution is 6.33. The van der Waals surface area contributed by atoms with E-state index in [1.54, 1.807) is 16.9 Å². The highest BCUT2D eigenvalue weighted by Gasteiger charge is 2.11. The second-order valence-corrected chi connectivity index (χ2v) is 2.90. The van der Waals surface area contributed by atoms with Gasteiger partial charge in [0.15, 0.2) is 12.3 Å². The van der Waals surface area contributed by atoms with E-state index in [0.29, 0.717) is 5.58 Å². The molecule has 1 heterocycles. The van der Waals surface area contributed by atoms with Crippen molar-refractivity contribution in [2.24, 2.45) is 0 Å². The van der Waals surface area contributed by atoms with Crippen molar-refractivity contribution in [2.45, 2.75) is 13.5 Å². The maximum absolute atomic E-state index is 9.67. The maximum Gasteiger partial charge on any atom is 0.762 e. The summed E-state index contributed by atoms with van der Waals surface area (Å²) in [6.45, 7) is 2.76. The van der Waals surface area contributed by atoms with Crippen LogP contribution < -0.4 is 4.74 Å². The summed E-state index contributed by atoms with van der Waals surface area (Å²) in [5.41, 5.74) is 0.555. The first kappa shape index (κ1) is 12.4. The minimum atomic E-state index is -3.67. The van der Waals surface area contributed by atoms with Crippen LogP contribution >= 0.6 is 0 Å². The fraction of sp³-hybridized carbons (Fsp3) is 0.222. The number of phenolic OH excluding ortho intramolecular Hbond substituents is 1. The number of fused-ring (bicyclic) bond motifs is 1. The zero-order chi connectivity index (χ0) is 12.1. The predicted molar refractivity (Wildman–Crippen MR) is 52.8 cm³/mol. The molecule has 86 valence electrons. The fourth-order valence-electron chi connectivity index (χ4n) is 1.20. The second kappa shape index (κ2) is 5.43. The molecule has 2 rings (SSSR count). The van der Waals surface area contributed by atoms with Crippen molar-refractivity contribution < 1.29 is 27.3 Å². The van der Waals surface area contributed by atoms with E-state index >= 15 is 0 Å². The van der Waals surface area contributed by atoms with Gasteiger partial charge in [-0.25, -0.2) is 4.52 Å². The molecule has 0 aliphatic heterocycles. The first-order valence-electron chi connectivity index (χ1n) is 4.58. The number of halogens is 3. The molecule has 0 aliphatic rings. The van der Waals surface area contributed by atoms with Crippen molar-refractivity contribution in [2.75, 3.05) is 0 Å². The van der Waals surface area contributed by atoms with Gasteiger partial charge < -0.3 is 5.11 Å². The van der Waals surface area contributed by atoms with Gasteiger partial charge in [-0.1, -0.05) is 6.07 Å². The highest BCUT2D eigenvalue weighted by Crippen LogP contribution is 2.22. The summed E-state index contributed by atoms with van der Waals surface area (Å²) in [7, 11) is -3.67. The lowest BCUT2D eigenvalue weighted by Gasteiger charge is -1.85. The van der Waals surface area contributed by atoms with E-state index in [1.807, 2.05) is 19.2 Å². The molecular weight excluding hydrogens is 222 g/mol. The van der Waals surface area contributed by atoms with E-state index in [0.717, 1.165) is 11.9 Å². The normalized spacial score (nSPS) is 9.75. The standard InChI is InChI=1S/C9H9NO2.BF3/c1-2-10-6-7-4-3-5-8(11)9(7)12-10;2-1(3)4/h3-6H,2H2,1H3;/p+1. The highest BCUT2D eigenvalue weighted by atomic mass is 19.4. The third-order valence-corrected chi connectivity index (χ3v) is 1.83. The summed E-state index contributed by atoms with van der Waals surface area (Å²) in [4.78, 5) is 0.